The number of likely N-dealkylation sites (tertiary alicyclic amines) is 1. The SMILES string of the molecule is CCNC(=NCCc1noc(-c2ccccn2)n1)NC1CCN(Cc2ccccc2)C(C)C1.I. The number of nitrogens with one attached hydrogen (secondary N) is 2. The van der Waals surface area contributed by atoms with E-state index in [9.17, 15) is 0 Å². The van der Waals surface area contributed by atoms with Gasteiger partial charge in [-0.2, -0.15) is 4.98 Å². The van der Waals surface area contributed by atoms with E-state index in [-0.39, 0.29) is 24.0 Å². The number of hydrogen-bond donors (Lipinski definition) is 2. The summed E-state index contributed by atoms with van der Waals surface area (Å²) in [6.07, 6.45) is 4.51. The molecule has 1 aliphatic rings. The Balaban J connectivity index is 0.00000324. The van der Waals surface area contributed by atoms with E-state index in [2.05, 4.69) is 74.8 Å². The Morgan fingerprint density at radius 1 is 1.18 bits per heavy atom. The molecule has 182 valence electrons. The lowest BCUT2D eigenvalue weighted by Crippen LogP contribution is -2.51. The quantitative estimate of drug-likeness (QED) is 0.239. The second-order valence-electron chi connectivity index (χ2n) is 8.41. The van der Waals surface area contributed by atoms with Gasteiger partial charge in [-0.05, 0) is 44.4 Å². The fourth-order valence-electron chi connectivity index (χ4n) is 4.13. The lowest BCUT2D eigenvalue weighted by molar-refractivity contribution is 0.134. The molecule has 2 atom stereocenters. The maximum absolute atomic E-state index is 5.33. The van der Waals surface area contributed by atoms with E-state index in [1.54, 1.807) is 6.20 Å². The van der Waals surface area contributed by atoms with Crippen molar-refractivity contribution in [1.29, 1.82) is 0 Å². The molecule has 0 aliphatic carbocycles. The van der Waals surface area contributed by atoms with E-state index in [4.69, 9.17) is 9.52 Å². The number of aromatic nitrogens is 3. The van der Waals surface area contributed by atoms with Crippen LogP contribution in [0.5, 0.6) is 0 Å². The van der Waals surface area contributed by atoms with Crippen LogP contribution in [0.3, 0.4) is 0 Å². The van der Waals surface area contributed by atoms with Gasteiger partial charge in [-0.1, -0.05) is 41.6 Å². The van der Waals surface area contributed by atoms with Gasteiger partial charge in [0.2, 0.25) is 0 Å². The zero-order valence-electron chi connectivity index (χ0n) is 19.9. The van der Waals surface area contributed by atoms with Crippen LogP contribution in [-0.4, -0.2) is 57.7 Å². The molecule has 0 spiro atoms. The molecule has 0 amide bonds. The van der Waals surface area contributed by atoms with Crippen molar-refractivity contribution >= 4 is 29.9 Å². The van der Waals surface area contributed by atoms with E-state index in [1.807, 2.05) is 18.2 Å². The third-order valence-electron chi connectivity index (χ3n) is 5.88. The first-order valence-electron chi connectivity index (χ1n) is 11.8. The summed E-state index contributed by atoms with van der Waals surface area (Å²) in [7, 11) is 0. The molecule has 1 aromatic carbocycles. The van der Waals surface area contributed by atoms with Gasteiger partial charge in [0.1, 0.15) is 5.69 Å². The van der Waals surface area contributed by atoms with Gasteiger partial charge in [-0.25, -0.2) is 0 Å². The molecule has 0 saturated carbocycles. The molecule has 2 N–H and O–H groups in total. The van der Waals surface area contributed by atoms with E-state index in [0.717, 1.165) is 38.4 Å². The number of nitrogens with zero attached hydrogens (tertiary/aromatic N) is 5. The summed E-state index contributed by atoms with van der Waals surface area (Å²) < 4.78 is 5.33. The molecular formula is C25H34IN7O. The average molecular weight is 575 g/mol. The normalized spacial score (nSPS) is 18.8. The minimum absolute atomic E-state index is 0. The number of guanidine groups is 1. The fraction of sp³-hybridized carbons (Fsp3) is 0.440. The zero-order valence-corrected chi connectivity index (χ0v) is 22.2. The summed E-state index contributed by atoms with van der Waals surface area (Å²) in [6.45, 7) is 7.89. The largest absolute Gasteiger partial charge is 0.357 e. The van der Waals surface area contributed by atoms with Gasteiger partial charge in [0, 0.05) is 50.9 Å². The molecule has 2 aromatic heterocycles. The van der Waals surface area contributed by atoms with Crippen molar-refractivity contribution < 1.29 is 4.52 Å². The van der Waals surface area contributed by atoms with Gasteiger partial charge < -0.3 is 15.2 Å². The smallest absolute Gasteiger partial charge is 0.276 e. The topological polar surface area (TPSA) is 91.5 Å². The van der Waals surface area contributed by atoms with Crippen LogP contribution in [0, 0.1) is 0 Å². The van der Waals surface area contributed by atoms with Crippen LogP contribution >= 0.6 is 24.0 Å². The van der Waals surface area contributed by atoms with Crippen molar-refractivity contribution in [2.75, 3.05) is 19.6 Å². The Kier molecular flexibility index (Phi) is 10.3. The van der Waals surface area contributed by atoms with Gasteiger partial charge in [-0.3, -0.25) is 14.9 Å². The Morgan fingerprint density at radius 3 is 2.74 bits per heavy atom. The highest BCUT2D eigenvalue weighted by Crippen LogP contribution is 2.20. The van der Waals surface area contributed by atoms with E-state index < -0.39 is 0 Å². The van der Waals surface area contributed by atoms with E-state index in [1.165, 1.54) is 5.56 Å². The summed E-state index contributed by atoms with van der Waals surface area (Å²) in [5, 5.41) is 11.1. The van der Waals surface area contributed by atoms with E-state index >= 15 is 0 Å². The molecule has 1 saturated heterocycles. The van der Waals surface area contributed by atoms with Crippen molar-refractivity contribution in [3.05, 3.63) is 66.1 Å². The number of piperidine rings is 1. The number of benzene rings is 1. The highest BCUT2D eigenvalue weighted by atomic mass is 127. The van der Waals surface area contributed by atoms with Crippen LogP contribution < -0.4 is 10.6 Å². The van der Waals surface area contributed by atoms with Gasteiger partial charge >= 0.3 is 0 Å². The molecule has 0 bridgehead atoms. The Morgan fingerprint density at radius 2 is 2.00 bits per heavy atom. The molecule has 4 rings (SSSR count). The van der Waals surface area contributed by atoms with Crippen molar-refractivity contribution in [2.24, 2.45) is 4.99 Å². The third kappa shape index (κ3) is 7.49. The molecule has 8 nitrogen and oxygen atoms in total. The second-order valence-corrected chi connectivity index (χ2v) is 8.41. The monoisotopic (exact) mass is 575 g/mol. The Bertz CT molecular complexity index is 1010. The van der Waals surface area contributed by atoms with Gasteiger partial charge in [0.15, 0.2) is 11.8 Å². The molecule has 3 aromatic rings. The van der Waals surface area contributed by atoms with Crippen LogP contribution in [-0.2, 0) is 13.0 Å². The molecule has 9 heteroatoms. The summed E-state index contributed by atoms with van der Waals surface area (Å²) in [4.78, 5) is 16.0. The molecule has 3 heterocycles. The highest BCUT2D eigenvalue weighted by Gasteiger charge is 2.26. The number of aliphatic imine (C=N–C) groups is 1. The van der Waals surface area contributed by atoms with E-state index in [0.29, 0.717) is 42.5 Å². The standard InChI is InChI=1S/C25H33N7O.HI/c1-3-26-25(28-15-12-23-30-24(33-31-23)22-11-7-8-14-27-22)29-21-13-16-32(19(2)17-21)18-20-9-5-4-6-10-20;/h4-11,14,19,21H,3,12-13,15-18H2,1-2H3,(H2,26,28,29);1H. The first-order valence-corrected chi connectivity index (χ1v) is 11.8. The van der Waals surface area contributed by atoms with Crippen LogP contribution in [0.4, 0.5) is 0 Å². The first-order chi connectivity index (χ1) is 16.2. The first kappa shape index (κ1) is 26.1. The van der Waals surface area contributed by atoms with Crippen LogP contribution in [0.1, 0.15) is 38.1 Å². The number of hydrogen-bond acceptors (Lipinski definition) is 6. The van der Waals surface area contributed by atoms with Crippen molar-refractivity contribution in [3.8, 4) is 11.6 Å². The van der Waals surface area contributed by atoms with Crippen molar-refractivity contribution in [2.45, 2.75) is 51.7 Å². The molecule has 0 radical (unpaired) electrons. The van der Waals surface area contributed by atoms with Gasteiger partial charge in [0.05, 0.1) is 0 Å². The van der Waals surface area contributed by atoms with Crippen LogP contribution in [0.2, 0.25) is 0 Å². The predicted octanol–water partition coefficient (Wildman–Crippen LogP) is 3.90. The molecule has 2 unspecified atom stereocenters. The molecule has 34 heavy (non-hydrogen) atoms. The lowest BCUT2D eigenvalue weighted by atomic mass is 9.97. The average Bonchev–Trinajstić information content (AvgIpc) is 3.31. The van der Waals surface area contributed by atoms with Crippen molar-refractivity contribution in [1.82, 2.24) is 30.7 Å². The second kappa shape index (κ2) is 13.4. The van der Waals surface area contributed by atoms with Crippen LogP contribution in [0.25, 0.3) is 11.6 Å². The Hall–Kier alpha value is -2.53. The maximum Gasteiger partial charge on any atom is 0.276 e. The van der Waals surface area contributed by atoms with Gasteiger partial charge in [-0.15, -0.1) is 24.0 Å². The molecular weight excluding hydrogens is 541 g/mol. The van der Waals surface area contributed by atoms with Gasteiger partial charge in [0.25, 0.3) is 5.89 Å². The Labute approximate surface area is 218 Å². The maximum atomic E-state index is 5.33. The predicted molar refractivity (Wildman–Crippen MR) is 145 cm³/mol. The highest BCUT2D eigenvalue weighted by molar-refractivity contribution is 14.0. The minimum atomic E-state index is 0. The number of halogens is 1. The lowest BCUT2D eigenvalue weighted by Gasteiger charge is -2.38. The molecule has 1 aliphatic heterocycles. The third-order valence-corrected chi connectivity index (χ3v) is 5.88. The number of pyridine rings is 1. The van der Waals surface area contributed by atoms with Crippen molar-refractivity contribution in [3.63, 3.8) is 0 Å². The number of rotatable bonds is 8. The summed E-state index contributed by atoms with van der Waals surface area (Å²) in [5.74, 6) is 1.92. The summed E-state index contributed by atoms with van der Waals surface area (Å²) in [6, 6.07) is 17.2. The molecule has 1 fully saturated rings. The minimum Gasteiger partial charge on any atom is -0.357 e. The fourth-order valence-corrected chi connectivity index (χ4v) is 4.13. The van der Waals surface area contributed by atoms with Crippen LogP contribution in [0.15, 0.2) is 64.2 Å². The summed E-state index contributed by atoms with van der Waals surface area (Å²) in [5.41, 5.74) is 2.06. The summed E-state index contributed by atoms with van der Waals surface area (Å²) >= 11 is 0. The zero-order chi connectivity index (χ0) is 22.9.